The number of carboxylic acid groups (broad SMARTS) is 1. The third kappa shape index (κ3) is 2.43. The van der Waals surface area contributed by atoms with E-state index in [0.717, 1.165) is 5.56 Å². The van der Waals surface area contributed by atoms with E-state index in [1.54, 1.807) is 18.2 Å². The molecule has 160 valence electrons. The van der Waals surface area contributed by atoms with Gasteiger partial charge < -0.3 is 33.5 Å². The van der Waals surface area contributed by atoms with Gasteiger partial charge in [0.25, 0.3) is 0 Å². The van der Waals surface area contributed by atoms with Crippen LogP contribution < -0.4 is 23.7 Å². The average Bonchev–Trinajstić information content (AvgIpc) is 3.50. The molecule has 3 heterocycles. The van der Waals surface area contributed by atoms with Crippen molar-refractivity contribution in [3.63, 3.8) is 0 Å². The second-order valence-electron chi connectivity index (χ2n) is 7.87. The van der Waals surface area contributed by atoms with Crippen LogP contribution in [0.4, 0.5) is 0 Å². The summed E-state index contributed by atoms with van der Waals surface area (Å²) in [6.45, 7) is 0.157. The van der Waals surface area contributed by atoms with Gasteiger partial charge in [-0.2, -0.15) is 0 Å². The quantitative estimate of drug-likeness (QED) is 0.739. The molecule has 0 saturated carbocycles. The summed E-state index contributed by atoms with van der Waals surface area (Å²) in [7, 11) is 1.49. The molecule has 9 nitrogen and oxygen atoms in total. The fourth-order valence-corrected chi connectivity index (χ4v) is 5.27. The summed E-state index contributed by atoms with van der Waals surface area (Å²) >= 11 is 0. The van der Waals surface area contributed by atoms with Crippen molar-refractivity contribution >= 4 is 11.9 Å². The number of hydrogen-bond acceptors (Lipinski definition) is 8. The summed E-state index contributed by atoms with van der Waals surface area (Å²) in [5, 5.41) is 10.2. The first-order valence-corrected chi connectivity index (χ1v) is 9.88. The third-order valence-corrected chi connectivity index (χ3v) is 6.50. The van der Waals surface area contributed by atoms with Gasteiger partial charge in [0.2, 0.25) is 19.3 Å². The van der Waals surface area contributed by atoms with Crippen LogP contribution in [-0.4, -0.2) is 44.3 Å². The first-order valence-electron chi connectivity index (χ1n) is 9.88. The Kier molecular flexibility index (Phi) is 3.77. The Hall–Kier alpha value is -3.62. The van der Waals surface area contributed by atoms with Crippen LogP contribution in [0.3, 0.4) is 0 Å². The molecule has 0 amide bonds. The molecule has 3 aliphatic heterocycles. The minimum Gasteiger partial charge on any atom is -0.492 e. The Morgan fingerprint density at radius 3 is 2.58 bits per heavy atom. The Labute approximate surface area is 176 Å². The van der Waals surface area contributed by atoms with Crippen molar-refractivity contribution in [2.24, 2.45) is 11.8 Å². The van der Waals surface area contributed by atoms with Crippen molar-refractivity contribution in [3.05, 3.63) is 41.0 Å². The van der Waals surface area contributed by atoms with E-state index < -0.39 is 35.6 Å². The van der Waals surface area contributed by atoms with E-state index in [9.17, 15) is 14.7 Å². The molecule has 9 heteroatoms. The van der Waals surface area contributed by atoms with E-state index in [0.29, 0.717) is 39.9 Å². The van der Waals surface area contributed by atoms with Crippen LogP contribution in [0.5, 0.6) is 28.7 Å². The van der Waals surface area contributed by atoms with Crippen molar-refractivity contribution in [1.82, 2.24) is 0 Å². The Bertz CT molecular complexity index is 1120. The maximum atomic E-state index is 12.7. The number of hydrogen-bond donors (Lipinski definition) is 1. The van der Waals surface area contributed by atoms with E-state index in [2.05, 4.69) is 0 Å². The summed E-state index contributed by atoms with van der Waals surface area (Å²) in [4.78, 5) is 25.2. The highest BCUT2D eigenvalue weighted by Crippen LogP contribution is 2.59. The highest BCUT2D eigenvalue weighted by molar-refractivity contribution is 5.87. The number of aliphatic carboxylic acids is 1. The minimum atomic E-state index is -1.00. The van der Waals surface area contributed by atoms with Gasteiger partial charge in [0.1, 0.15) is 0 Å². The van der Waals surface area contributed by atoms with Crippen LogP contribution in [0.25, 0.3) is 0 Å². The van der Waals surface area contributed by atoms with Gasteiger partial charge in [-0.1, -0.05) is 6.07 Å². The smallest absolute Gasteiger partial charge is 0.314 e. The number of fused-ring (bicyclic) bond motifs is 5. The maximum absolute atomic E-state index is 12.7. The predicted octanol–water partition coefficient (Wildman–Crippen LogP) is 2.26. The predicted molar refractivity (Wildman–Crippen MR) is 102 cm³/mol. The van der Waals surface area contributed by atoms with Gasteiger partial charge in [0, 0.05) is 17.4 Å². The van der Waals surface area contributed by atoms with Crippen LogP contribution in [-0.2, 0) is 14.3 Å². The molecule has 0 radical (unpaired) electrons. The Morgan fingerprint density at radius 1 is 1.00 bits per heavy atom. The lowest BCUT2D eigenvalue weighted by Gasteiger charge is -2.38. The lowest BCUT2D eigenvalue weighted by molar-refractivity contribution is -0.144. The molecule has 6 rings (SSSR count). The van der Waals surface area contributed by atoms with Crippen LogP contribution in [0.1, 0.15) is 28.5 Å². The van der Waals surface area contributed by atoms with E-state index in [-0.39, 0.29) is 20.2 Å². The van der Waals surface area contributed by atoms with Gasteiger partial charge in [-0.3, -0.25) is 9.59 Å². The molecule has 1 saturated heterocycles. The molecule has 2 aromatic carbocycles. The van der Waals surface area contributed by atoms with Gasteiger partial charge in [-0.05, 0) is 29.3 Å². The third-order valence-electron chi connectivity index (χ3n) is 6.50. The number of carbonyl (C=O) groups is 2. The van der Waals surface area contributed by atoms with Gasteiger partial charge in [-0.25, -0.2) is 0 Å². The van der Waals surface area contributed by atoms with Crippen LogP contribution >= 0.6 is 0 Å². The van der Waals surface area contributed by atoms with Crippen molar-refractivity contribution in [3.8, 4) is 28.7 Å². The summed E-state index contributed by atoms with van der Waals surface area (Å²) in [5.41, 5.74) is 1.98. The van der Waals surface area contributed by atoms with Crippen molar-refractivity contribution in [2.75, 3.05) is 27.3 Å². The highest BCUT2D eigenvalue weighted by atomic mass is 16.7. The zero-order chi connectivity index (χ0) is 21.3. The van der Waals surface area contributed by atoms with Gasteiger partial charge in [0.05, 0.1) is 25.6 Å². The summed E-state index contributed by atoms with van der Waals surface area (Å²) in [5.74, 6) is -1.84. The second kappa shape index (κ2) is 6.44. The Morgan fingerprint density at radius 2 is 1.77 bits per heavy atom. The molecule has 4 atom stereocenters. The molecule has 4 aliphatic rings. The lowest BCUT2D eigenvalue weighted by Crippen LogP contribution is -2.39. The zero-order valence-electron chi connectivity index (χ0n) is 16.5. The number of rotatable bonds is 3. The Balaban J connectivity index is 1.63. The molecular weight excluding hydrogens is 408 g/mol. The monoisotopic (exact) mass is 426 g/mol. The highest BCUT2D eigenvalue weighted by Gasteiger charge is 2.56. The molecule has 31 heavy (non-hydrogen) atoms. The minimum absolute atomic E-state index is 0.0180. The number of benzene rings is 2. The number of carboxylic acids is 1. The molecule has 0 spiro atoms. The normalized spacial score (nSPS) is 26.8. The number of carbonyl (C=O) groups excluding carboxylic acids is 1. The zero-order valence-corrected chi connectivity index (χ0v) is 16.5. The lowest BCUT2D eigenvalue weighted by atomic mass is 9.62. The van der Waals surface area contributed by atoms with E-state index in [4.69, 9.17) is 28.4 Å². The fraction of sp³-hybridized carbons (Fsp3) is 0.364. The topological polar surface area (TPSA) is 110 Å². The standard InChI is InChI=1S/C22H18O9/c1-26-20-16-10(5-14-19(20)31-8-30-14)15(9-2-3-12-13(4-9)29-7-28-12)17(21(23)24)11-6-27-22(25)18(11)16/h2-5,11,15,17-18H,6-8H2,1H3,(H,23,24)/t11-,15+,17-,18-/m0/s1. The molecule has 0 bridgehead atoms. The summed E-state index contributed by atoms with van der Waals surface area (Å²) < 4.78 is 33.1. The number of ether oxygens (including phenoxy) is 6. The molecule has 0 aromatic heterocycles. The summed E-state index contributed by atoms with van der Waals surface area (Å²) in [6.07, 6.45) is 0. The van der Waals surface area contributed by atoms with Crippen molar-refractivity contribution in [1.29, 1.82) is 0 Å². The average molecular weight is 426 g/mol. The van der Waals surface area contributed by atoms with Crippen LogP contribution in [0.15, 0.2) is 24.3 Å². The van der Waals surface area contributed by atoms with Crippen LogP contribution in [0, 0.1) is 11.8 Å². The largest absolute Gasteiger partial charge is 0.492 e. The second-order valence-corrected chi connectivity index (χ2v) is 7.87. The first kappa shape index (κ1) is 18.2. The van der Waals surface area contributed by atoms with E-state index in [1.165, 1.54) is 7.11 Å². The first-order chi connectivity index (χ1) is 15.1. The fourth-order valence-electron chi connectivity index (χ4n) is 5.27. The van der Waals surface area contributed by atoms with Gasteiger partial charge in [-0.15, -0.1) is 0 Å². The maximum Gasteiger partial charge on any atom is 0.314 e. The van der Waals surface area contributed by atoms with Gasteiger partial charge >= 0.3 is 11.9 Å². The van der Waals surface area contributed by atoms with Crippen molar-refractivity contribution in [2.45, 2.75) is 11.8 Å². The molecular formula is C22H18O9. The SMILES string of the molecule is COc1c2c(cc3c1[C@H]1C(=O)OC[C@H]1[C@H](C(=O)O)[C@@H]3c1ccc3c(c1)OCO3)OCO2. The molecule has 2 aromatic rings. The summed E-state index contributed by atoms with van der Waals surface area (Å²) in [6, 6.07) is 7.14. The van der Waals surface area contributed by atoms with Crippen LogP contribution in [0.2, 0.25) is 0 Å². The number of cyclic esters (lactones) is 1. The van der Waals surface area contributed by atoms with Gasteiger partial charge in [0.15, 0.2) is 23.0 Å². The molecule has 1 aliphatic carbocycles. The van der Waals surface area contributed by atoms with E-state index in [1.807, 2.05) is 6.07 Å². The number of esters is 1. The van der Waals surface area contributed by atoms with Crippen molar-refractivity contribution < 1.29 is 43.1 Å². The molecule has 1 N–H and O–H groups in total. The van der Waals surface area contributed by atoms with E-state index >= 15 is 0 Å². The molecule has 1 fully saturated rings. The molecule has 0 unspecified atom stereocenters. The number of methoxy groups -OCH3 is 1.